The molecule has 4 nitrogen and oxygen atoms in total. The summed E-state index contributed by atoms with van der Waals surface area (Å²) >= 11 is 5.97. The van der Waals surface area contributed by atoms with Crippen LogP contribution in [0.15, 0.2) is 47.4 Å². The van der Waals surface area contributed by atoms with Crippen LogP contribution in [0.4, 0.5) is 0 Å². The van der Waals surface area contributed by atoms with Gasteiger partial charge in [0, 0.05) is 41.9 Å². The first kappa shape index (κ1) is 13.9. The van der Waals surface area contributed by atoms with Gasteiger partial charge in [-0.3, -0.25) is 9.59 Å². The lowest BCUT2D eigenvalue weighted by Crippen LogP contribution is -2.28. The number of halogens is 1. The highest BCUT2D eigenvalue weighted by Gasteiger charge is 2.39. The van der Waals surface area contributed by atoms with Crippen LogP contribution >= 0.6 is 11.6 Å². The van der Waals surface area contributed by atoms with Crippen LogP contribution < -0.4 is 10.9 Å². The maximum absolute atomic E-state index is 12.1. The molecule has 0 saturated heterocycles. The van der Waals surface area contributed by atoms with Gasteiger partial charge in [-0.25, -0.2) is 0 Å². The minimum Gasteiger partial charge on any atom is -0.349 e. The third-order valence-corrected chi connectivity index (χ3v) is 3.99. The number of rotatable bonds is 3. The molecule has 0 aliphatic heterocycles. The van der Waals surface area contributed by atoms with Crippen LogP contribution in [0.25, 0.3) is 0 Å². The summed E-state index contributed by atoms with van der Waals surface area (Å²) in [6, 6.07) is 10.8. The molecular formula is C16H15ClN2O2. The van der Waals surface area contributed by atoms with Crippen molar-refractivity contribution in [1.82, 2.24) is 9.88 Å². The van der Waals surface area contributed by atoms with Gasteiger partial charge in [-0.05, 0) is 30.2 Å². The average Bonchev–Trinajstić information content (AvgIpc) is 3.21. The van der Waals surface area contributed by atoms with Crippen molar-refractivity contribution in [3.05, 3.63) is 69.1 Å². The Kier molecular flexibility index (Phi) is 3.55. The van der Waals surface area contributed by atoms with Gasteiger partial charge in [0.25, 0.3) is 11.5 Å². The van der Waals surface area contributed by atoms with Gasteiger partial charge in [-0.2, -0.15) is 0 Å². The van der Waals surface area contributed by atoms with Crippen LogP contribution in [0, 0.1) is 0 Å². The molecule has 1 aliphatic rings. The van der Waals surface area contributed by atoms with E-state index in [1.54, 1.807) is 19.3 Å². The fourth-order valence-electron chi connectivity index (χ4n) is 2.40. The molecule has 3 rings (SSSR count). The predicted octanol–water partition coefficient (Wildman–Crippen LogP) is 2.32. The van der Waals surface area contributed by atoms with E-state index in [0.29, 0.717) is 16.5 Å². The minimum atomic E-state index is -0.206. The summed E-state index contributed by atoms with van der Waals surface area (Å²) in [5.41, 5.74) is 1.34. The lowest BCUT2D eigenvalue weighted by atomic mass is 10.1. The van der Waals surface area contributed by atoms with E-state index in [1.807, 2.05) is 24.3 Å². The molecule has 0 spiro atoms. The Hall–Kier alpha value is -2.07. The van der Waals surface area contributed by atoms with E-state index in [9.17, 15) is 9.59 Å². The molecule has 1 heterocycles. The summed E-state index contributed by atoms with van der Waals surface area (Å²) in [7, 11) is 1.65. The van der Waals surface area contributed by atoms with E-state index in [1.165, 1.54) is 10.6 Å². The van der Waals surface area contributed by atoms with Crippen molar-refractivity contribution in [2.75, 3.05) is 0 Å². The van der Waals surface area contributed by atoms with E-state index in [4.69, 9.17) is 11.6 Å². The molecule has 1 aromatic heterocycles. The summed E-state index contributed by atoms with van der Waals surface area (Å²) < 4.78 is 1.43. The summed E-state index contributed by atoms with van der Waals surface area (Å²) in [4.78, 5) is 23.7. The summed E-state index contributed by atoms with van der Waals surface area (Å²) in [6.45, 7) is 0. The molecule has 0 radical (unpaired) electrons. The van der Waals surface area contributed by atoms with E-state index in [-0.39, 0.29) is 17.5 Å². The van der Waals surface area contributed by atoms with Gasteiger partial charge in [-0.1, -0.05) is 23.7 Å². The molecule has 2 aromatic rings. The monoisotopic (exact) mass is 302 g/mol. The number of benzene rings is 1. The molecule has 21 heavy (non-hydrogen) atoms. The van der Waals surface area contributed by atoms with Crippen LogP contribution in [0.2, 0.25) is 5.02 Å². The second-order valence-electron chi connectivity index (χ2n) is 5.34. The van der Waals surface area contributed by atoms with Crippen molar-refractivity contribution in [2.24, 2.45) is 7.05 Å². The largest absolute Gasteiger partial charge is 0.349 e. The van der Waals surface area contributed by atoms with Crippen molar-refractivity contribution >= 4 is 17.5 Å². The minimum absolute atomic E-state index is 0.111. The molecule has 5 heteroatoms. The number of hydrogen-bond acceptors (Lipinski definition) is 2. The fourth-order valence-corrected chi connectivity index (χ4v) is 2.60. The number of pyridine rings is 1. The topological polar surface area (TPSA) is 51.1 Å². The van der Waals surface area contributed by atoms with Gasteiger partial charge in [0.05, 0.1) is 0 Å². The Labute approximate surface area is 127 Å². The molecule has 1 fully saturated rings. The Bertz CT molecular complexity index is 754. The summed E-state index contributed by atoms with van der Waals surface area (Å²) in [5.74, 6) is 0.0985. The summed E-state index contributed by atoms with van der Waals surface area (Å²) in [5, 5.41) is 3.66. The van der Waals surface area contributed by atoms with Gasteiger partial charge >= 0.3 is 0 Å². The molecule has 1 saturated carbocycles. The number of nitrogens with one attached hydrogen (secondary N) is 1. The number of aryl methyl sites for hydroxylation is 1. The highest BCUT2D eigenvalue weighted by atomic mass is 35.5. The number of carbonyl (C=O) groups is 1. The van der Waals surface area contributed by atoms with Crippen LogP contribution in [0.3, 0.4) is 0 Å². The standard InChI is InChI=1S/C16H15ClN2O2/c1-19-6-5-11(8-15(19)20)16(21)18-14-9-13(14)10-3-2-4-12(17)7-10/h2-8,13-14H,9H2,1H3,(H,18,21)/t13-,14-/m1/s1. The van der Waals surface area contributed by atoms with E-state index in [0.717, 1.165) is 12.0 Å². The first-order valence-electron chi connectivity index (χ1n) is 6.77. The highest BCUT2D eigenvalue weighted by molar-refractivity contribution is 6.30. The fraction of sp³-hybridized carbons (Fsp3) is 0.250. The molecular weight excluding hydrogens is 288 g/mol. The van der Waals surface area contributed by atoms with Gasteiger partial charge in [0.1, 0.15) is 0 Å². The quantitative estimate of drug-likeness (QED) is 0.946. The molecule has 0 unspecified atom stereocenters. The molecule has 0 bridgehead atoms. The Morgan fingerprint density at radius 3 is 2.86 bits per heavy atom. The number of nitrogens with zero attached hydrogens (tertiary/aromatic N) is 1. The van der Waals surface area contributed by atoms with Gasteiger partial charge < -0.3 is 9.88 Å². The maximum atomic E-state index is 12.1. The number of amides is 1. The van der Waals surface area contributed by atoms with E-state index < -0.39 is 0 Å². The second-order valence-corrected chi connectivity index (χ2v) is 5.78. The van der Waals surface area contributed by atoms with Crippen molar-refractivity contribution < 1.29 is 4.79 Å². The molecule has 1 N–H and O–H groups in total. The van der Waals surface area contributed by atoms with Crippen molar-refractivity contribution in [3.63, 3.8) is 0 Å². The zero-order valence-electron chi connectivity index (χ0n) is 11.5. The first-order valence-corrected chi connectivity index (χ1v) is 7.15. The van der Waals surface area contributed by atoms with E-state index >= 15 is 0 Å². The predicted molar refractivity (Wildman–Crippen MR) is 81.7 cm³/mol. The Balaban J connectivity index is 1.67. The zero-order chi connectivity index (χ0) is 15.0. The van der Waals surface area contributed by atoms with Gasteiger partial charge in [0.2, 0.25) is 0 Å². The smallest absolute Gasteiger partial charge is 0.251 e. The van der Waals surface area contributed by atoms with E-state index in [2.05, 4.69) is 5.32 Å². The zero-order valence-corrected chi connectivity index (χ0v) is 12.3. The normalized spacial score (nSPS) is 20.1. The third-order valence-electron chi connectivity index (χ3n) is 3.75. The Morgan fingerprint density at radius 2 is 2.14 bits per heavy atom. The Morgan fingerprint density at radius 1 is 1.33 bits per heavy atom. The van der Waals surface area contributed by atoms with Gasteiger partial charge in [0.15, 0.2) is 0 Å². The lowest BCUT2D eigenvalue weighted by molar-refractivity contribution is 0.0950. The SMILES string of the molecule is Cn1ccc(C(=O)N[C@@H]2C[C@@H]2c2cccc(Cl)c2)cc1=O. The van der Waals surface area contributed by atoms with Crippen molar-refractivity contribution in [3.8, 4) is 0 Å². The van der Waals surface area contributed by atoms with Crippen LogP contribution in [0.5, 0.6) is 0 Å². The average molecular weight is 303 g/mol. The second kappa shape index (κ2) is 5.37. The first-order chi connectivity index (χ1) is 10.0. The molecule has 2 atom stereocenters. The molecule has 1 aliphatic carbocycles. The van der Waals surface area contributed by atoms with Crippen LogP contribution in [0.1, 0.15) is 28.3 Å². The van der Waals surface area contributed by atoms with Gasteiger partial charge in [-0.15, -0.1) is 0 Å². The number of hydrogen-bond donors (Lipinski definition) is 1. The number of aromatic nitrogens is 1. The summed E-state index contributed by atoms with van der Waals surface area (Å²) in [6.07, 6.45) is 2.50. The van der Waals surface area contributed by atoms with Crippen molar-refractivity contribution in [1.29, 1.82) is 0 Å². The molecule has 1 aromatic carbocycles. The number of carbonyl (C=O) groups excluding carboxylic acids is 1. The highest BCUT2D eigenvalue weighted by Crippen LogP contribution is 2.41. The van der Waals surface area contributed by atoms with Crippen molar-refractivity contribution in [2.45, 2.75) is 18.4 Å². The van der Waals surface area contributed by atoms with Crippen LogP contribution in [-0.2, 0) is 7.05 Å². The third kappa shape index (κ3) is 3.00. The molecule has 108 valence electrons. The molecule has 1 amide bonds. The lowest BCUT2D eigenvalue weighted by Gasteiger charge is -2.06. The maximum Gasteiger partial charge on any atom is 0.251 e. The van der Waals surface area contributed by atoms with Crippen LogP contribution in [-0.4, -0.2) is 16.5 Å².